The third-order valence-electron chi connectivity index (χ3n) is 5.34. The minimum absolute atomic E-state index is 0.143. The van der Waals surface area contributed by atoms with Crippen LogP contribution in [0, 0.1) is 17.8 Å². The number of nitrogens with zero attached hydrogens (tertiary/aromatic N) is 3. The molecule has 1 aromatic heterocycles. The largest absolute Gasteiger partial charge is 0.471 e. The summed E-state index contributed by atoms with van der Waals surface area (Å²) in [4.78, 5) is 21.1. The van der Waals surface area contributed by atoms with Gasteiger partial charge in [0.1, 0.15) is 0 Å². The van der Waals surface area contributed by atoms with Crippen LogP contribution in [0.3, 0.4) is 0 Å². The number of carbonyl (C=O) groups excluding carboxylic acids is 1. The standard InChI is InChI=1S/C19H20F3N3O3/c1-27-25(10-14-9-15(14)12-6-7-12)16(26)8-11-2-4-13(5-3-11)17-23-18(28-24-17)19(20,21)22/h2-5,12,14-15H,6-10H2,1H3. The molecule has 0 N–H and O–H groups in total. The summed E-state index contributed by atoms with van der Waals surface area (Å²) >= 11 is 0. The van der Waals surface area contributed by atoms with Crippen LogP contribution in [0.1, 0.15) is 30.7 Å². The molecule has 2 aromatic rings. The molecule has 0 saturated heterocycles. The first-order chi connectivity index (χ1) is 13.3. The van der Waals surface area contributed by atoms with Crippen LogP contribution < -0.4 is 0 Å². The Labute approximate surface area is 159 Å². The number of benzene rings is 1. The van der Waals surface area contributed by atoms with Crippen LogP contribution in [0.5, 0.6) is 0 Å². The number of carbonyl (C=O) groups is 1. The minimum Gasteiger partial charge on any atom is -0.329 e. The second-order valence-corrected chi connectivity index (χ2v) is 7.43. The van der Waals surface area contributed by atoms with Gasteiger partial charge in [0, 0.05) is 5.56 Å². The van der Waals surface area contributed by atoms with Gasteiger partial charge in [0.15, 0.2) is 0 Å². The highest BCUT2D eigenvalue weighted by Gasteiger charge is 2.48. The predicted molar refractivity (Wildman–Crippen MR) is 91.5 cm³/mol. The average molecular weight is 395 g/mol. The van der Waals surface area contributed by atoms with E-state index in [1.165, 1.54) is 25.0 Å². The van der Waals surface area contributed by atoms with E-state index in [9.17, 15) is 18.0 Å². The van der Waals surface area contributed by atoms with Crippen molar-refractivity contribution in [1.82, 2.24) is 15.2 Å². The lowest BCUT2D eigenvalue weighted by molar-refractivity contribution is -0.176. The highest BCUT2D eigenvalue weighted by molar-refractivity contribution is 5.78. The second kappa shape index (κ2) is 7.20. The normalized spacial score (nSPS) is 21.6. The number of hydrogen-bond donors (Lipinski definition) is 0. The van der Waals surface area contributed by atoms with Gasteiger partial charge in [0.2, 0.25) is 5.82 Å². The summed E-state index contributed by atoms with van der Waals surface area (Å²) < 4.78 is 41.9. The third-order valence-corrected chi connectivity index (χ3v) is 5.34. The second-order valence-electron chi connectivity index (χ2n) is 7.43. The maximum absolute atomic E-state index is 12.6. The summed E-state index contributed by atoms with van der Waals surface area (Å²) in [5.74, 6) is 0.428. The Morgan fingerprint density at radius 3 is 2.57 bits per heavy atom. The Kier molecular flexibility index (Phi) is 4.86. The van der Waals surface area contributed by atoms with E-state index in [0.29, 0.717) is 18.0 Å². The Hall–Kier alpha value is -2.42. The highest BCUT2D eigenvalue weighted by Crippen LogP contribution is 2.54. The minimum atomic E-state index is -4.68. The molecular formula is C19H20F3N3O3. The number of alkyl halides is 3. The first-order valence-electron chi connectivity index (χ1n) is 9.20. The highest BCUT2D eigenvalue weighted by atomic mass is 19.4. The zero-order valence-electron chi connectivity index (χ0n) is 15.3. The van der Waals surface area contributed by atoms with Crippen molar-refractivity contribution in [2.24, 2.45) is 17.8 Å². The number of amides is 1. The van der Waals surface area contributed by atoms with Gasteiger partial charge in [-0.1, -0.05) is 29.4 Å². The van der Waals surface area contributed by atoms with E-state index in [1.54, 1.807) is 24.3 Å². The fourth-order valence-electron chi connectivity index (χ4n) is 3.56. The topological polar surface area (TPSA) is 68.5 Å². The van der Waals surface area contributed by atoms with Crippen molar-refractivity contribution in [3.05, 3.63) is 35.7 Å². The van der Waals surface area contributed by atoms with Crippen molar-refractivity contribution >= 4 is 5.91 Å². The predicted octanol–water partition coefficient (Wildman–Crippen LogP) is 3.73. The molecule has 0 radical (unpaired) electrons. The lowest BCUT2D eigenvalue weighted by Crippen LogP contribution is -2.33. The first kappa shape index (κ1) is 18.9. The van der Waals surface area contributed by atoms with Gasteiger partial charge < -0.3 is 4.52 Å². The van der Waals surface area contributed by atoms with Gasteiger partial charge >= 0.3 is 12.1 Å². The molecule has 0 aliphatic heterocycles. The van der Waals surface area contributed by atoms with Crippen LogP contribution in [0.25, 0.3) is 11.4 Å². The lowest BCUT2D eigenvalue weighted by Gasteiger charge is -2.20. The van der Waals surface area contributed by atoms with Crippen molar-refractivity contribution in [2.45, 2.75) is 31.9 Å². The number of halogens is 3. The van der Waals surface area contributed by atoms with E-state index in [1.807, 2.05) is 0 Å². The molecule has 2 atom stereocenters. The van der Waals surface area contributed by atoms with Gasteiger partial charge in [-0.2, -0.15) is 18.2 Å². The average Bonchev–Trinajstić information content (AvgIpc) is 3.56. The molecule has 0 spiro atoms. The van der Waals surface area contributed by atoms with E-state index in [-0.39, 0.29) is 18.2 Å². The van der Waals surface area contributed by atoms with Crippen LogP contribution in [-0.4, -0.2) is 34.8 Å². The van der Waals surface area contributed by atoms with E-state index in [4.69, 9.17) is 4.84 Å². The molecule has 150 valence electrons. The first-order valence-corrected chi connectivity index (χ1v) is 9.20. The van der Waals surface area contributed by atoms with Crippen molar-refractivity contribution in [1.29, 1.82) is 0 Å². The van der Waals surface area contributed by atoms with Gasteiger partial charge in [-0.15, -0.1) is 0 Å². The van der Waals surface area contributed by atoms with Gasteiger partial charge in [0.05, 0.1) is 20.1 Å². The van der Waals surface area contributed by atoms with Crippen molar-refractivity contribution in [3.8, 4) is 11.4 Å². The molecule has 4 rings (SSSR count). The number of hydrogen-bond acceptors (Lipinski definition) is 5. The van der Waals surface area contributed by atoms with Crippen LogP contribution in [0.4, 0.5) is 13.2 Å². The zero-order valence-corrected chi connectivity index (χ0v) is 15.3. The molecule has 2 aliphatic carbocycles. The van der Waals surface area contributed by atoms with Gasteiger partial charge in [-0.3, -0.25) is 9.63 Å². The molecule has 2 unspecified atom stereocenters. The van der Waals surface area contributed by atoms with E-state index < -0.39 is 12.1 Å². The molecule has 0 bridgehead atoms. The van der Waals surface area contributed by atoms with E-state index >= 15 is 0 Å². The molecular weight excluding hydrogens is 375 g/mol. The molecule has 6 nitrogen and oxygen atoms in total. The molecule has 9 heteroatoms. The maximum atomic E-state index is 12.6. The van der Waals surface area contributed by atoms with Crippen LogP contribution in [0.2, 0.25) is 0 Å². The third kappa shape index (κ3) is 4.19. The zero-order chi connectivity index (χ0) is 19.9. The quantitative estimate of drug-likeness (QED) is 0.668. The number of rotatable bonds is 7. The summed E-state index contributed by atoms with van der Waals surface area (Å²) in [6, 6.07) is 6.45. The molecule has 1 heterocycles. The summed E-state index contributed by atoms with van der Waals surface area (Å²) in [6.45, 7) is 0.609. The van der Waals surface area contributed by atoms with Gasteiger partial charge in [-0.25, -0.2) is 5.06 Å². The van der Waals surface area contributed by atoms with Gasteiger partial charge in [-0.05, 0) is 42.6 Å². The summed E-state index contributed by atoms with van der Waals surface area (Å²) in [5, 5.41) is 4.76. The molecule has 1 amide bonds. The molecule has 2 fully saturated rings. The van der Waals surface area contributed by atoms with Crippen molar-refractivity contribution in [3.63, 3.8) is 0 Å². The fourth-order valence-corrected chi connectivity index (χ4v) is 3.56. The van der Waals surface area contributed by atoms with Crippen LogP contribution >= 0.6 is 0 Å². The van der Waals surface area contributed by atoms with Crippen LogP contribution in [-0.2, 0) is 22.2 Å². The van der Waals surface area contributed by atoms with E-state index in [2.05, 4.69) is 14.7 Å². The van der Waals surface area contributed by atoms with Crippen molar-refractivity contribution < 1.29 is 27.3 Å². The smallest absolute Gasteiger partial charge is 0.329 e. The van der Waals surface area contributed by atoms with Gasteiger partial charge in [0.25, 0.3) is 5.91 Å². The molecule has 2 saturated carbocycles. The number of aromatic nitrogens is 2. The SMILES string of the molecule is CON(CC1CC1C1CC1)C(=O)Cc1ccc(-c2noc(C(F)(F)F)n2)cc1. The number of hydroxylamine groups is 2. The lowest BCUT2D eigenvalue weighted by atomic mass is 10.1. The summed E-state index contributed by atoms with van der Waals surface area (Å²) in [6.07, 6.45) is -0.758. The maximum Gasteiger partial charge on any atom is 0.471 e. The fraction of sp³-hybridized carbons (Fsp3) is 0.526. The van der Waals surface area contributed by atoms with Crippen molar-refractivity contribution in [2.75, 3.05) is 13.7 Å². The Morgan fingerprint density at radius 2 is 2.00 bits per heavy atom. The molecule has 28 heavy (non-hydrogen) atoms. The Balaban J connectivity index is 1.35. The Morgan fingerprint density at radius 1 is 1.29 bits per heavy atom. The monoisotopic (exact) mass is 395 g/mol. The van der Waals surface area contributed by atoms with E-state index in [0.717, 1.165) is 23.8 Å². The molecule has 1 aromatic carbocycles. The summed E-state index contributed by atoms with van der Waals surface area (Å²) in [7, 11) is 1.49. The Bertz CT molecular complexity index is 846. The summed E-state index contributed by atoms with van der Waals surface area (Å²) in [5.41, 5.74) is 1.11. The van der Waals surface area contributed by atoms with Crippen LogP contribution in [0.15, 0.2) is 28.8 Å². The molecule has 2 aliphatic rings.